The first-order chi connectivity index (χ1) is 11.5. The van der Waals surface area contributed by atoms with E-state index in [1.807, 2.05) is 0 Å². The molecule has 0 radical (unpaired) electrons. The largest absolute Gasteiger partial charge is 0.490 e. The van der Waals surface area contributed by atoms with Crippen LogP contribution in [0, 0.1) is 5.92 Å². The van der Waals surface area contributed by atoms with Crippen molar-refractivity contribution in [3.05, 3.63) is 23.8 Å². The van der Waals surface area contributed by atoms with Crippen molar-refractivity contribution in [1.82, 2.24) is 5.32 Å². The van der Waals surface area contributed by atoms with Crippen LogP contribution in [0.25, 0.3) is 0 Å². The Balaban J connectivity index is 2.09. The van der Waals surface area contributed by atoms with Gasteiger partial charge in [0.05, 0.1) is 19.3 Å². The highest BCUT2D eigenvalue weighted by molar-refractivity contribution is 5.95. The molecule has 1 amide bonds. The number of aliphatic carboxylic acids is 1. The van der Waals surface area contributed by atoms with Crippen molar-refractivity contribution in [3.63, 3.8) is 0 Å². The highest BCUT2D eigenvalue weighted by Crippen LogP contribution is 2.33. The molecule has 1 saturated carbocycles. The zero-order chi connectivity index (χ0) is 17.5. The molecule has 1 aromatic rings. The summed E-state index contributed by atoms with van der Waals surface area (Å²) in [6.45, 7) is 2.19. The molecule has 1 aromatic carbocycles. The summed E-state index contributed by atoms with van der Waals surface area (Å²) in [6.07, 6.45) is 2.20. The summed E-state index contributed by atoms with van der Waals surface area (Å²) in [5.74, 6) is -0.174. The molecular weight excluding hydrogens is 314 g/mol. The minimum atomic E-state index is -1.08. The van der Waals surface area contributed by atoms with Crippen molar-refractivity contribution in [3.8, 4) is 11.5 Å². The highest BCUT2D eigenvalue weighted by Gasteiger charge is 2.32. The highest BCUT2D eigenvalue weighted by atomic mass is 16.5. The molecule has 1 atom stereocenters. The first kappa shape index (κ1) is 18.1. The van der Waals surface area contributed by atoms with Crippen molar-refractivity contribution in [1.29, 1.82) is 0 Å². The Labute approximate surface area is 140 Å². The summed E-state index contributed by atoms with van der Waals surface area (Å²) < 4.78 is 15.8. The normalized spacial score (nSPS) is 14.8. The zero-order valence-electron chi connectivity index (χ0n) is 13.9. The number of amides is 1. The van der Waals surface area contributed by atoms with E-state index in [0.717, 1.165) is 12.8 Å². The summed E-state index contributed by atoms with van der Waals surface area (Å²) in [4.78, 5) is 23.1. The van der Waals surface area contributed by atoms with Crippen molar-refractivity contribution < 1.29 is 28.9 Å². The van der Waals surface area contributed by atoms with Crippen molar-refractivity contribution in [2.24, 2.45) is 5.92 Å². The fraction of sp³-hybridized carbons (Fsp3) is 0.529. The third-order valence-electron chi connectivity index (χ3n) is 3.71. The number of rotatable bonds is 10. The fourth-order valence-corrected chi connectivity index (χ4v) is 2.40. The van der Waals surface area contributed by atoms with Gasteiger partial charge >= 0.3 is 5.97 Å². The minimum Gasteiger partial charge on any atom is -0.490 e. The maximum Gasteiger partial charge on any atom is 0.341 e. The van der Waals surface area contributed by atoms with E-state index in [-0.39, 0.29) is 11.9 Å². The molecule has 0 spiro atoms. The SMILES string of the molecule is CCOc1cc(C(=O)NC(COC)C2CC2)ccc1OCC(=O)O. The van der Waals surface area contributed by atoms with Crippen LogP contribution in [0.15, 0.2) is 18.2 Å². The Bertz CT molecular complexity index is 584. The molecule has 7 nitrogen and oxygen atoms in total. The summed E-state index contributed by atoms with van der Waals surface area (Å²) in [6, 6.07) is 4.70. The van der Waals surface area contributed by atoms with Gasteiger partial charge in [-0.25, -0.2) is 4.79 Å². The molecule has 1 aliphatic carbocycles. The van der Waals surface area contributed by atoms with Crippen LogP contribution in [0.1, 0.15) is 30.1 Å². The lowest BCUT2D eigenvalue weighted by Gasteiger charge is -2.18. The average molecular weight is 337 g/mol. The van der Waals surface area contributed by atoms with E-state index in [9.17, 15) is 9.59 Å². The molecule has 132 valence electrons. The topological polar surface area (TPSA) is 94.1 Å². The first-order valence-electron chi connectivity index (χ1n) is 7.96. The van der Waals surface area contributed by atoms with Crippen LogP contribution in [0.4, 0.5) is 0 Å². The summed E-state index contributed by atoms with van der Waals surface area (Å²) in [5, 5.41) is 11.7. The van der Waals surface area contributed by atoms with Gasteiger partial charge in [0.15, 0.2) is 18.1 Å². The van der Waals surface area contributed by atoms with Gasteiger partial charge in [0, 0.05) is 12.7 Å². The molecule has 1 unspecified atom stereocenters. The van der Waals surface area contributed by atoms with Crippen LogP contribution in [-0.2, 0) is 9.53 Å². The van der Waals surface area contributed by atoms with E-state index in [4.69, 9.17) is 19.3 Å². The van der Waals surface area contributed by atoms with Crippen molar-refractivity contribution in [2.45, 2.75) is 25.8 Å². The lowest BCUT2D eigenvalue weighted by Crippen LogP contribution is -2.39. The van der Waals surface area contributed by atoms with E-state index < -0.39 is 12.6 Å². The first-order valence-corrected chi connectivity index (χ1v) is 7.96. The van der Waals surface area contributed by atoms with Crippen LogP contribution in [-0.4, -0.2) is 50.0 Å². The maximum absolute atomic E-state index is 12.4. The molecule has 0 bridgehead atoms. The van der Waals surface area contributed by atoms with Gasteiger partial charge in [0.1, 0.15) is 0 Å². The molecule has 2 rings (SSSR count). The number of ether oxygens (including phenoxy) is 3. The number of nitrogens with one attached hydrogen (secondary N) is 1. The van der Waals surface area contributed by atoms with Crippen LogP contribution in [0.3, 0.4) is 0 Å². The van der Waals surface area contributed by atoms with E-state index >= 15 is 0 Å². The molecule has 0 aromatic heterocycles. The standard InChI is InChI=1S/C17H23NO6/c1-3-23-15-8-12(6-7-14(15)24-10-16(19)20)17(21)18-13(9-22-2)11-4-5-11/h6-8,11,13H,3-5,9-10H2,1-2H3,(H,18,21)(H,19,20). The number of carboxylic acids is 1. The molecule has 1 fully saturated rings. The lowest BCUT2D eigenvalue weighted by atomic mass is 10.1. The fourth-order valence-electron chi connectivity index (χ4n) is 2.40. The second-order valence-corrected chi connectivity index (χ2v) is 5.65. The molecule has 2 N–H and O–H groups in total. The van der Waals surface area contributed by atoms with Crippen LogP contribution < -0.4 is 14.8 Å². The summed E-state index contributed by atoms with van der Waals surface area (Å²) >= 11 is 0. The van der Waals surface area contributed by atoms with E-state index in [0.29, 0.717) is 36.2 Å². The lowest BCUT2D eigenvalue weighted by molar-refractivity contribution is -0.139. The predicted octanol–water partition coefficient (Wildman–Crippen LogP) is 1.70. The second kappa shape index (κ2) is 8.54. The van der Waals surface area contributed by atoms with Gasteiger partial charge < -0.3 is 24.6 Å². The average Bonchev–Trinajstić information content (AvgIpc) is 3.38. The number of carbonyl (C=O) groups is 2. The predicted molar refractivity (Wildman–Crippen MR) is 86.6 cm³/mol. The van der Waals surface area contributed by atoms with Gasteiger partial charge in [0.2, 0.25) is 0 Å². The molecular formula is C17H23NO6. The third kappa shape index (κ3) is 5.13. The number of carbonyl (C=O) groups excluding carboxylic acids is 1. The Morgan fingerprint density at radius 1 is 1.29 bits per heavy atom. The monoisotopic (exact) mass is 337 g/mol. The quantitative estimate of drug-likeness (QED) is 0.675. The zero-order valence-corrected chi connectivity index (χ0v) is 13.9. The number of carboxylic acid groups (broad SMARTS) is 1. The van der Waals surface area contributed by atoms with Crippen molar-refractivity contribution in [2.75, 3.05) is 26.9 Å². The van der Waals surface area contributed by atoms with Gasteiger partial charge in [-0.15, -0.1) is 0 Å². The Morgan fingerprint density at radius 2 is 2.04 bits per heavy atom. The van der Waals surface area contributed by atoms with E-state index in [2.05, 4.69) is 5.32 Å². The van der Waals surface area contributed by atoms with Gasteiger partial charge in [0.25, 0.3) is 5.91 Å². The third-order valence-corrected chi connectivity index (χ3v) is 3.71. The summed E-state index contributed by atoms with van der Waals surface area (Å²) in [5.41, 5.74) is 0.433. The Hall–Kier alpha value is -2.28. The number of methoxy groups -OCH3 is 1. The van der Waals surface area contributed by atoms with Crippen LogP contribution in [0.5, 0.6) is 11.5 Å². The molecule has 1 aliphatic rings. The molecule has 24 heavy (non-hydrogen) atoms. The Morgan fingerprint density at radius 3 is 2.62 bits per heavy atom. The number of hydrogen-bond acceptors (Lipinski definition) is 5. The maximum atomic E-state index is 12.4. The molecule has 7 heteroatoms. The molecule has 0 aliphatic heterocycles. The number of hydrogen-bond donors (Lipinski definition) is 2. The molecule has 0 saturated heterocycles. The van der Waals surface area contributed by atoms with Crippen molar-refractivity contribution >= 4 is 11.9 Å². The van der Waals surface area contributed by atoms with Gasteiger partial charge in [-0.2, -0.15) is 0 Å². The van der Waals surface area contributed by atoms with Crippen LogP contribution >= 0.6 is 0 Å². The summed E-state index contributed by atoms with van der Waals surface area (Å²) in [7, 11) is 1.61. The second-order valence-electron chi connectivity index (χ2n) is 5.65. The minimum absolute atomic E-state index is 0.000908. The van der Waals surface area contributed by atoms with E-state index in [1.54, 1.807) is 32.2 Å². The van der Waals surface area contributed by atoms with E-state index in [1.165, 1.54) is 0 Å². The smallest absolute Gasteiger partial charge is 0.341 e. The van der Waals surface area contributed by atoms with Gasteiger partial charge in [-0.1, -0.05) is 0 Å². The molecule has 0 heterocycles. The van der Waals surface area contributed by atoms with Crippen LogP contribution in [0.2, 0.25) is 0 Å². The number of benzene rings is 1. The van der Waals surface area contributed by atoms with Gasteiger partial charge in [-0.3, -0.25) is 4.79 Å². The van der Waals surface area contributed by atoms with Gasteiger partial charge in [-0.05, 0) is 43.9 Å². The Kier molecular flexibility index (Phi) is 6.43.